The summed E-state index contributed by atoms with van der Waals surface area (Å²) in [7, 11) is 2.70. The Morgan fingerprint density at radius 2 is 1.92 bits per heavy atom. The van der Waals surface area contributed by atoms with Crippen molar-refractivity contribution in [2.45, 2.75) is 81.6 Å². The van der Waals surface area contributed by atoms with Crippen LogP contribution in [0.4, 0.5) is 0 Å². The predicted octanol–water partition coefficient (Wildman–Crippen LogP) is 2.44. The molecule has 1 fully saturated rings. The summed E-state index contributed by atoms with van der Waals surface area (Å²) < 4.78 is 28.0. The minimum atomic E-state index is -2.48. The molecule has 3 heterocycles. The smallest absolute Gasteiger partial charge is 0.342 e. The lowest BCUT2D eigenvalue weighted by Crippen LogP contribution is -2.54. The molecule has 10 nitrogen and oxygen atoms in total. The van der Waals surface area contributed by atoms with E-state index in [1.54, 1.807) is 0 Å². The molecule has 3 aliphatic heterocycles. The SMILES string of the molecule is COC(=O)C[C@](O)(C(=O)O[C@@H]1C(OC)=C[C@]23CCCN2CCc2cc4c(cc2[C@H]13)OCO4)C(O)CCC(C)C. The predicted molar refractivity (Wildman–Crippen MR) is 139 cm³/mol. The molecular weight excluding hydrogens is 506 g/mol. The molecule has 0 bridgehead atoms. The van der Waals surface area contributed by atoms with Crippen LogP contribution in [-0.4, -0.2) is 84.5 Å². The Bertz CT molecular complexity index is 1150. The molecule has 1 aromatic carbocycles. The van der Waals surface area contributed by atoms with E-state index < -0.39 is 41.7 Å². The van der Waals surface area contributed by atoms with Gasteiger partial charge in [0.15, 0.2) is 23.2 Å². The molecular formula is C29H39NO9. The molecule has 1 saturated heterocycles. The monoisotopic (exact) mass is 545 g/mol. The van der Waals surface area contributed by atoms with Gasteiger partial charge in [-0.25, -0.2) is 4.79 Å². The van der Waals surface area contributed by atoms with Gasteiger partial charge in [0.25, 0.3) is 0 Å². The molecule has 0 amide bonds. The highest BCUT2D eigenvalue weighted by molar-refractivity contribution is 5.86. The number of rotatable bonds is 9. The van der Waals surface area contributed by atoms with E-state index in [0.29, 0.717) is 23.7 Å². The summed E-state index contributed by atoms with van der Waals surface area (Å²) >= 11 is 0. The fourth-order valence-corrected chi connectivity index (χ4v) is 6.66. The zero-order valence-electron chi connectivity index (χ0n) is 23.1. The van der Waals surface area contributed by atoms with Crippen LogP contribution < -0.4 is 9.47 Å². The topological polar surface area (TPSA) is 124 Å². The summed E-state index contributed by atoms with van der Waals surface area (Å²) in [5.41, 5.74) is -0.881. The quantitative estimate of drug-likeness (QED) is 0.447. The first-order valence-electron chi connectivity index (χ1n) is 13.8. The largest absolute Gasteiger partial charge is 0.497 e. The van der Waals surface area contributed by atoms with E-state index in [2.05, 4.69) is 11.0 Å². The summed E-state index contributed by atoms with van der Waals surface area (Å²) in [4.78, 5) is 28.5. The van der Waals surface area contributed by atoms with E-state index in [9.17, 15) is 19.8 Å². The second-order valence-electron chi connectivity index (χ2n) is 11.5. The van der Waals surface area contributed by atoms with Gasteiger partial charge >= 0.3 is 11.9 Å². The molecule has 5 atom stereocenters. The van der Waals surface area contributed by atoms with E-state index >= 15 is 0 Å². The molecule has 0 aromatic heterocycles. The van der Waals surface area contributed by atoms with Crippen LogP contribution in [0.3, 0.4) is 0 Å². The van der Waals surface area contributed by atoms with Gasteiger partial charge in [-0.1, -0.05) is 13.8 Å². The molecule has 0 radical (unpaired) electrons. The van der Waals surface area contributed by atoms with Crippen molar-refractivity contribution < 1.29 is 43.5 Å². The number of carbonyl (C=O) groups excluding carboxylic acids is 2. The molecule has 214 valence electrons. The van der Waals surface area contributed by atoms with Crippen LogP contribution in [-0.2, 0) is 30.2 Å². The molecule has 2 N–H and O–H groups in total. The number of benzene rings is 1. The Morgan fingerprint density at radius 1 is 1.18 bits per heavy atom. The summed E-state index contributed by atoms with van der Waals surface area (Å²) in [5, 5.41) is 22.5. The van der Waals surface area contributed by atoms with Gasteiger partial charge in [0.2, 0.25) is 6.79 Å². The normalized spacial score (nSPS) is 27.5. The maximum absolute atomic E-state index is 13.8. The van der Waals surface area contributed by atoms with Crippen LogP contribution >= 0.6 is 0 Å². The van der Waals surface area contributed by atoms with Crippen molar-refractivity contribution in [1.29, 1.82) is 0 Å². The van der Waals surface area contributed by atoms with Crippen molar-refractivity contribution in [3.8, 4) is 11.5 Å². The fraction of sp³-hybridized carbons (Fsp3) is 0.655. The maximum atomic E-state index is 13.8. The summed E-state index contributed by atoms with van der Waals surface area (Å²) in [6, 6.07) is 3.97. The third-order valence-electron chi connectivity index (χ3n) is 8.76. The summed E-state index contributed by atoms with van der Waals surface area (Å²) in [6.45, 7) is 5.80. The number of hydrogen-bond donors (Lipinski definition) is 2. The van der Waals surface area contributed by atoms with Crippen LogP contribution in [0.25, 0.3) is 0 Å². The van der Waals surface area contributed by atoms with Crippen molar-refractivity contribution in [2.24, 2.45) is 5.92 Å². The zero-order chi connectivity index (χ0) is 27.9. The first-order chi connectivity index (χ1) is 18.6. The van der Waals surface area contributed by atoms with Crippen LogP contribution in [0.5, 0.6) is 11.5 Å². The van der Waals surface area contributed by atoms with Gasteiger partial charge < -0.3 is 33.9 Å². The van der Waals surface area contributed by atoms with Gasteiger partial charge in [-0.15, -0.1) is 0 Å². The molecule has 10 heteroatoms. The van der Waals surface area contributed by atoms with Gasteiger partial charge in [-0.05, 0) is 73.9 Å². The van der Waals surface area contributed by atoms with Gasteiger partial charge in [0.1, 0.15) is 5.76 Å². The van der Waals surface area contributed by atoms with E-state index in [0.717, 1.165) is 43.5 Å². The number of hydrogen-bond acceptors (Lipinski definition) is 10. The number of nitrogens with zero attached hydrogens (tertiary/aromatic N) is 1. The minimum absolute atomic E-state index is 0.116. The van der Waals surface area contributed by atoms with Crippen molar-refractivity contribution >= 4 is 11.9 Å². The first-order valence-corrected chi connectivity index (χ1v) is 13.8. The van der Waals surface area contributed by atoms with Crippen LogP contribution in [0.15, 0.2) is 24.0 Å². The minimum Gasteiger partial charge on any atom is -0.497 e. The highest BCUT2D eigenvalue weighted by Gasteiger charge is 2.59. The number of aliphatic hydroxyl groups is 2. The highest BCUT2D eigenvalue weighted by Crippen LogP contribution is 2.55. The zero-order valence-corrected chi connectivity index (χ0v) is 23.1. The maximum Gasteiger partial charge on any atom is 0.342 e. The average Bonchev–Trinajstić information content (AvgIpc) is 3.60. The number of esters is 2. The number of ether oxygens (including phenoxy) is 5. The summed E-state index contributed by atoms with van der Waals surface area (Å²) in [6.07, 6.45) is 2.20. The lowest BCUT2D eigenvalue weighted by atomic mass is 9.77. The Kier molecular flexibility index (Phi) is 7.56. The molecule has 0 saturated carbocycles. The van der Waals surface area contributed by atoms with Crippen LogP contribution in [0, 0.1) is 5.92 Å². The number of fused-ring (bicyclic) bond motifs is 3. The standard InChI is InChI=1S/C29H39NO9/c1-17(2)6-7-23(31)29(34,15-24(32)36-4)27(33)39-26-22(35-3)14-28-9-5-10-30(28)11-8-18-12-20-21(38-16-37-20)13-19(18)25(26)28/h12-14,17,23,25-26,31,34H,5-11,15-16H2,1-4H3/t23?,25-,26-,28+,29-/m1/s1. The lowest BCUT2D eigenvalue weighted by Gasteiger charge is -2.40. The molecule has 1 spiro atoms. The van der Waals surface area contributed by atoms with Crippen LogP contribution in [0.1, 0.15) is 63.0 Å². The van der Waals surface area contributed by atoms with Crippen molar-refractivity contribution in [1.82, 2.24) is 4.90 Å². The summed E-state index contributed by atoms with van der Waals surface area (Å²) in [5.74, 6) is -0.221. The van der Waals surface area contributed by atoms with E-state index in [-0.39, 0.29) is 25.0 Å². The molecule has 1 unspecified atom stereocenters. The second-order valence-corrected chi connectivity index (χ2v) is 11.5. The van der Waals surface area contributed by atoms with Crippen molar-refractivity contribution in [3.63, 3.8) is 0 Å². The van der Waals surface area contributed by atoms with Crippen molar-refractivity contribution in [2.75, 3.05) is 34.1 Å². The van der Waals surface area contributed by atoms with E-state index in [4.69, 9.17) is 23.7 Å². The molecule has 1 aromatic rings. The van der Waals surface area contributed by atoms with Gasteiger partial charge in [0, 0.05) is 6.54 Å². The van der Waals surface area contributed by atoms with E-state index in [1.165, 1.54) is 14.2 Å². The Hall–Kier alpha value is -2.82. The third-order valence-corrected chi connectivity index (χ3v) is 8.76. The lowest BCUT2D eigenvalue weighted by molar-refractivity contribution is -0.191. The molecule has 5 rings (SSSR count). The third kappa shape index (κ3) is 4.76. The fourth-order valence-electron chi connectivity index (χ4n) is 6.66. The Balaban J connectivity index is 1.53. The Morgan fingerprint density at radius 3 is 2.62 bits per heavy atom. The number of aliphatic hydroxyl groups excluding tert-OH is 1. The van der Waals surface area contributed by atoms with Crippen molar-refractivity contribution in [3.05, 3.63) is 35.1 Å². The number of carbonyl (C=O) groups is 2. The molecule has 1 aliphatic carbocycles. The Labute approximate surface area is 228 Å². The highest BCUT2D eigenvalue weighted by atomic mass is 16.7. The van der Waals surface area contributed by atoms with Crippen LogP contribution in [0.2, 0.25) is 0 Å². The van der Waals surface area contributed by atoms with Gasteiger partial charge in [0.05, 0.1) is 38.2 Å². The number of methoxy groups -OCH3 is 2. The molecule has 4 aliphatic rings. The average molecular weight is 546 g/mol. The van der Waals surface area contributed by atoms with E-state index in [1.807, 2.05) is 26.0 Å². The molecule has 39 heavy (non-hydrogen) atoms. The first kappa shape index (κ1) is 27.7. The second kappa shape index (κ2) is 10.6. The van der Waals surface area contributed by atoms with Gasteiger partial charge in [-0.3, -0.25) is 9.69 Å². The van der Waals surface area contributed by atoms with Gasteiger partial charge in [-0.2, -0.15) is 0 Å².